The van der Waals surface area contributed by atoms with E-state index in [1.807, 2.05) is 0 Å². The Labute approximate surface area is 124 Å². The van der Waals surface area contributed by atoms with Crippen molar-refractivity contribution in [2.75, 3.05) is 19.6 Å². The molecule has 0 aromatic heterocycles. The van der Waals surface area contributed by atoms with Crippen LogP contribution in [0.25, 0.3) is 0 Å². The zero-order chi connectivity index (χ0) is 13.2. The van der Waals surface area contributed by atoms with Gasteiger partial charge in [-0.15, -0.1) is 0 Å². The van der Waals surface area contributed by atoms with E-state index in [0.717, 1.165) is 12.0 Å². The maximum Gasteiger partial charge on any atom is 0.0346 e. The van der Waals surface area contributed by atoms with E-state index in [9.17, 15) is 0 Å². The Hall–Kier alpha value is -0.380. The summed E-state index contributed by atoms with van der Waals surface area (Å²) in [5.74, 6) is 0.873. The minimum Gasteiger partial charge on any atom is -0.312 e. The van der Waals surface area contributed by atoms with Crippen LogP contribution >= 0.6 is 15.9 Å². The van der Waals surface area contributed by atoms with E-state index >= 15 is 0 Å². The fourth-order valence-electron chi connectivity index (χ4n) is 3.72. The van der Waals surface area contributed by atoms with Crippen molar-refractivity contribution in [3.8, 4) is 0 Å². The fourth-order valence-corrected chi connectivity index (χ4v) is 3.99. The molecule has 0 saturated carbocycles. The van der Waals surface area contributed by atoms with E-state index in [4.69, 9.17) is 0 Å². The summed E-state index contributed by atoms with van der Waals surface area (Å²) in [6.07, 6.45) is 3.95. The van der Waals surface area contributed by atoms with Crippen molar-refractivity contribution in [2.24, 2.45) is 5.92 Å². The molecule has 0 spiro atoms. The predicted molar refractivity (Wildman–Crippen MR) is 83.3 cm³/mol. The second-order valence-corrected chi connectivity index (χ2v) is 6.81. The van der Waals surface area contributed by atoms with E-state index < -0.39 is 0 Å². The Morgan fingerprint density at radius 2 is 2.11 bits per heavy atom. The van der Waals surface area contributed by atoms with Crippen molar-refractivity contribution in [3.05, 3.63) is 34.3 Å². The van der Waals surface area contributed by atoms with Gasteiger partial charge in [-0.05, 0) is 49.4 Å². The lowest BCUT2D eigenvalue weighted by atomic mass is 9.94. The van der Waals surface area contributed by atoms with Crippen molar-refractivity contribution in [1.29, 1.82) is 0 Å². The molecule has 1 N–H and O–H groups in total. The topological polar surface area (TPSA) is 15.3 Å². The largest absolute Gasteiger partial charge is 0.312 e. The molecule has 2 aliphatic rings. The molecule has 3 heteroatoms. The molecule has 0 bridgehead atoms. The van der Waals surface area contributed by atoms with Crippen LogP contribution in [0.2, 0.25) is 0 Å². The van der Waals surface area contributed by atoms with Gasteiger partial charge in [-0.3, -0.25) is 4.90 Å². The van der Waals surface area contributed by atoms with Gasteiger partial charge >= 0.3 is 0 Å². The third kappa shape index (κ3) is 2.88. The summed E-state index contributed by atoms with van der Waals surface area (Å²) in [6.45, 7) is 6.01. The maximum atomic E-state index is 3.70. The number of halogens is 1. The van der Waals surface area contributed by atoms with Crippen molar-refractivity contribution in [2.45, 2.75) is 38.3 Å². The first-order chi connectivity index (χ1) is 9.28. The van der Waals surface area contributed by atoms with Gasteiger partial charge in [0.25, 0.3) is 0 Å². The molecule has 0 radical (unpaired) electrons. The third-order valence-electron chi connectivity index (χ3n) is 4.71. The van der Waals surface area contributed by atoms with Gasteiger partial charge < -0.3 is 5.32 Å². The Morgan fingerprint density at radius 1 is 1.32 bits per heavy atom. The van der Waals surface area contributed by atoms with Crippen LogP contribution in [0.15, 0.2) is 28.7 Å². The summed E-state index contributed by atoms with van der Waals surface area (Å²) in [6, 6.07) is 10.2. The van der Waals surface area contributed by atoms with Crippen LogP contribution < -0.4 is 5.32 Å². The molecule has 0 amide bonds. The van der Waals surface area contributed by atoms with Gasteiger partial charge in [-0.25, -0.2) is 0 Å². The monoisotopic (exact) mass is 322 g/mol. The molecule has 1 aromatic carbocycles. The Morgan fingerprint density at radius 3 is 2.79 bits per heavy atom. The van der Waals surface area contributed by atoms with Crippen LogP contribution in [0, 0.1) is 5.92 Å². The lowest BCUT2D eigenvalue weighted by Crippen LogP contribution is -2.40. The first kappa shape index (κ1) is 13.6. The summed E-state index contributed by atoms with van der Waals surface area (Å²) >= 11 is 3.53. The highest BCUT2D eigenvalue weighted by molar-refractivity contribution is 9.10. The van der Waals surface area contributed by atoms with E-state index in [-0.39, 0.29) is 0 Å². The van der Waals surface area contributed by atoms with Gasteiger partial charge in [0.2, 0.25) is 0 Å². The van der Waals surface area contributed by atoms with E-state index in [0.29, 0.717) is 6.04 Å². The Balaban J connectivity index is 1.74. The fraction of sp³-hybridized carbons (Fsp3) is 0.625. The first-order valence-electron chi connectivity index (χ1n) is 7.51. The van der Waals surface area contributed by atoms with Crippen LogP contribution in [0.5, 0.6) is 0 Å². The smallest absolute Gasteiger partial charge is 0.0346 e. The number of nitrogens with one attached hydrogen (secondary N) is 1. The van der Waals surface area contributed by atoms with Gasteiger partial charge in [0.1, 0.15) is 0 Å². The zero-order valence-electron chi connectivity index (χ0n) is 11.6. The number of nitrogens with zero attached hydrogens (tertiary/aromatic N) is 1. The SMILES string of the molecule is CCC(c1ccc(Br)cc1)N1CC2CCCNC2C1. The average molecular weight is 323 g/mol. The highest BCUT2D eigenvalue weighted by atomic mass is 79.9. The summed E-state index contributed by atoms with van der Waals surface area (Å²) in [5.41, 5.74) is 1.46. The van der Waals surface area contributed by atoms with E-state index in [1.165, 1.54) is 48.9 Å². The molecule has 0 aliphatic carbocycles. The zero-order valence-corrected chi connectivity index (χ0v) is 13.2. The third-order valence-corrected chi connectivity index (χ3v) is 5.24. The molecular formula is C16H23BrN2. The van der Waals surface area contributed by atoms with Gasteiger partial charge in [0, 0.05) is 29.6 Å². The van der Waals surface area contributed by atoms with Crippen molar-refractivity contribution in [1.82, 2.24) is 10.2 Å². The number of piperidine rings is 1. The molecule has 2 saturated heterocycles. The van der Waals surface area contributed by atoms with Gasteiger partial charge in [0.15, 0.2) is 0 Å². The van der Waals surface area contributed by atoms with Crippen LogP contribution in [0.1, 0.15) is 37.8 Å². The van der Waals surface area contributed by atoms with Crippen LogP contribution in [0.4, 0.5) is 0 Å². The van der Waals surface area contributed by atoms with Gasteiger partial charge in [-0.1, -0.05) is 35.0 Å². The molecule has 2 nitrogen and oxygen atoms in total. The number of fused-ring (bicyclic) bond motifs is 1. The highest BCUT2D eigenvalue weighted by Gasteiger charge is 2.36. The number of hydrogen-bond acceptors (Lipinski definition) is 2. The summed E-state index contributed by atoms with van der Waals surface area (Å²) in [7, 11) is 0. The standard InChI is InChI=1S/C16H23BrN2/c1-2-16(12-5-7-14(17)8-6-12)19-10-13-4-3-9-18-15(13)11-19/h5-8,13,15-16,18H,2-4,9-11H2,1H3. The number of rotatable bonds is 3. The van der Waals surface area contributed by atoms with Gasteiger partial charge in [0.05, 0.1) is 0 Å². The average Bonchev–Trinajstić information content (AvgIpc) is 2.85. The summed E-state index contributed by atoms with van der Waals surface area (Å²) < 4.78 is 1.17. The molecule has 2 heterocycles. The van der Waals surface area contributed by atoms with Crippen LogP contribution in [0.3, 0.4) is 0 Å². The first-order valence-corrected chi connectivity index (χ1v) is 8.30. The minimum absolute atomic E-state index is 0.584. The Bertz CT molecular complexity index is 403. The lowest BCUT2D eigenvalue weighted by Gasteiger charge is -2.27. The normalized spacial score (nSPS) is 29.2. The van der Waals surface area contributed by atoms with Crippen LogP contribution in [-0.2, 0) is 0 Å². The summed E-state index contributed by atoms with van der Waals surface area (Å²) in [4.78, 5) is 2.69. The maximum absolute atomic E-state index is 3.70. The second kappa shape index (κ2) is 5.94. The van der Waals surface area contributed by atoms with Crippen molar-refractivity contribution < 1.29 is 0 Å². The quantitative estimate of drug-likeness (QED) is 0.915. The van der Waals surface area contributed by atoms with Crippen LogP contribution in [-0.4, -0.2) is 30.6 Å². The molecule has 3 unspecified atom stereocenters. The van der Waals surface area contributed by atoms with Gasteiger partial charge in [-0.2, -0.15) is 0 Å². The molecular weight excluding hydrogens is 300 g/mol. The molecule has 104 valence electrons. The minimum atomic E-state index is 0.584. The second-order valence-electron chi connectivity index (χ2n) is 5.89. The highest BCUT2D eigenvalue weighted by Crippen LogP contribution is 2.33. The molecule has 19 heavy (non-hydrogen) atoms. The van der Waals surface area contributed by atoms with Crippen molar-refractivity contribution >= 4 is 15.9 Å². The van der Waals surface area contributed by atoms with E-state index in [2.05, 4.69) is 57.3 Å². The molecule has 3 rings (SSSR count). The number of likely N-dealkylation sites (tertiary alicyclic amines) is 1. The van der Waals surface area contributed by atoms with E-state index in [1.54, 1.807) is 0 Å². The number of hydrogen-bond donors (Lipinski definition) is 1. The molecule has 3 atom stereocenters. The molecule has 2 fully saturated rings. The molecule has 2 aliphatic heterocycles. The molecule has 1 aromatic rings. The Kier molecular flexibility index (Phi) is 4.25. The lowest BCUT2D eigenvalue weighted by molar-refractivity contribution is 0.228. The van der Waals surface area contributed by atoms with Crippen molar-refractivity contribution in [3.63, 3.8) is 0 Å². The number of benzene rings is 1. The predicted octanol–water partition coefficient (Wildman–Crippen LogP) is 3.58. The summed E-state index contributed by atoms with van der Waals surface area (Å²) in [5, 5.41) is 3.70.